The Kier molecular flexibility index (Phi) is 9.28. The van der Waals surface area contributed by atoms with Crippen molar-refractivity contribution in [1.82, 2.24) is 0 Å². The van der Waals surface area contributed by atoms with Gasteiger partial charge in [-0.3, -0.25) is 0 Å². The Balaban J connectivity index is 0.000000497. The molecule has 0 N–H and O–H groups in total. The number of rotatable bonds is 7. The van der Waals surface area contributed by atoms with E-state index < -0.39 is 7.92 Å². The van der Waals surface area contributed by atoms with E-state index >= 15 is 0 Å². The van der Waals surface area contributed by atoms with Crippen molar-refractivity contribution in [3.05, 3.63) is 115 Å². The van der Waals surface area contributed by atoms with Crippen molar-refractivity contribution in [2.45, 2.75) is 99.9 Å². The van der Waals surface area contributed by atoms with Gasteiger partial charge in [-0.25, -0.2) is 24.3 Å². The van der Waals surface area contributed by atoms with Crippen molar-refractivity contribution in [3.63, 3.8) is 0 Å². The zero-order chi connectivity index (χ0) is 30.7. The first-order chi connectivity index (χ1) is 22.6. The minimum atomic E-state index is -0.460. The van der Waals surface area contributed by atoms with Crippen LogP contribution >= 0.6 is 15.8 Å². The SMILES string of the molecule is C[C@@H]([c-]1cccc1P(C12CC3CC(CC(C3)C1)C2)C12CC3CC(CC(C3)C1)C2)P(c1ccccc1)c1ccccc1.[Fe+2].c1cc[cH-]c1. The molecule has 0 nitrogen and oxygen atoms in total. The summed E-state index contributed by atoms with van der Waals surface area (Å²) >= 11 is 0. The average molecular weight is 699 g/mol. The molecule has 8 bridgehead atoms. The van der Waals surface area contributed by atoms with Gasteiger partial charge in [-0.2, -0.15) is 24.3 Å². The third-order valence-corrected chi connectivity index (χ3v) is 20.1. The van der Waals surface area contributed by atoms with Crippen LogP contribution in [0.25, 0.3) is 0 Å². The van der Waals surface area contributed by atoms with Crippen LogP contribution in [0.4, 0.5) is 0 Å². The van der Waals surface area contributed by atoms with E-state index in [-0.39, 0.29) is 25.0 Å². The molecule has 3 heteroatoms. The molecule has 0 unspecified atom stereocenters. The van der Waals surface area contributed by atoms with Gasteiger partial charge in [0.2, 0.25) is 0 Å². The van der Waals surface area contributed by atoms with E-state index in [1.54, 1.807) is 93.2 Å². The van der Waals surface area contributed by atoms with Gasteiger partial charge in [-0.15, -0.1) is 10.9 Å². The molecule has 246 valence electrons. The molecule has 12 rings (SSSR count). The second-order valence-electron chi connectivity index (χ2n) is 16.7. The summed E-state index contributed by atoms with van der Waals surface area (Å²) in [6.45, 7) is 2.61. The standard InChI is InChI=1S/C39H47P2.C5H5.Fe/c1-27(40(34-9-4-2-5-10-34)35-11-6-3-7-12-35)36-13-8-14-37(36)41(38-21-28-15-29(22-38)17-30(16-28)23-38)39-24-31-18-32(25-39)20-33(19-31)26-39;1-2-4-5-3-1;/h2-14,27-33H,15-26H2,1H3;1-5H;/q2*-1;+2/t27-,28?,29?,30?,31?,32?,33?,38?,39?,41?;;/m0../s1. The zero-order valence-electron chi connectivity index (χ0n) is 28.2. The monoisotopic (exact) mass is 698 g/mol. The molecule has 0 amide bonds. The molecule has 8 fully saturated rings. The van der Waals surface area contributed by atoms with E-state index in [4.69, 9.17) is 0 Å². The average Bonchev–Trinajstić information content (AvgIpc) is 3.77. The Morgan fingerprint density at radius 3 is 1.34 bits per heavy atom. The molecule has 0 aliphatic heterocycles. The smallest absolute Gasteiger partial charge is 0.214 e. The number of hydrogen-bond acceptors (Lipinski definition) is 0. The second-order valence-corrected chi connectivity index (χ2v) is 22.3. The minimum Gasteiger partial charge on any atom is -0.214 e. The van der Waals surface area contributed by atoms with Crippen LogP contribution in [-0.2, 0) is 17.1 Å². The summed E-state index contributed by atoms with van der Waals surface area (Å²) in [6, 6.07) is 40.9. The van der Waals surface area contributed by atoms with Gasteiger partial charge in [0.15, 0.2) is 0 Å². The molecule has 0 aromatic heterocycles. The van der Waals surface area contributed by atoms with E-state index in [1.165, 1.54) is 0 Å². The first-order valence-corrected chi connectivity index (χ1v) is 21.4. The van der Waals surface area contributed by atoms with E-state index in [0.717, 1.165) is 35.5 Å². The molecule has 0 radical (unpaired) electrons. The van der Waals surface area contributed by atoms with Crippen molar-refractivity contribution < 1.29 is 17.1 Å². The van der Waals surface area contributed by atoms with Crippen molar-refractivity contribution in [3.8, 4) is 0 Å². The summed E-state index contributed by atoms with van der Waals surface area (Å²) in [5.41, 5.74) is 2.30. The van der Waals surface area contributed by atoms with E-state index in [2.05, 4.69) is 85.8 Å². The summed E-state index contributed by atoms with van der Waals surface area (Å²) < 4.78 is 0. The van der Waals surface area contributed by atoms with Crippen molar-refractivity contribution in [1.29, 1.82) is 0 Å². The molecular weight excluding hydrogens is 646 g/mol. The maximum Gasteiger partial charge on any atom is 2.00 e. The fourth-order valence-corrected chi connectivity index (χ4v) is 21.1. The normalized spacial score (nSPS) is 35.6. The molecule has 8 saturated carbocycles. The molecule has 1 atom stereocenters. The molecule has 8 aliphatic carbocycles. The molecular formula is C44H52FeP2. The van der Waals surface area contributed by atoms with E-state index in [1.807, 2.05) is 35.6 Å². The number of benzene rings is 2. The maximum absolute atomic E-state index is 2.71. The summed E-state index contributed by atoms with van der Waals surface area (Å²) in [7, 11) is -0.632. The molecule has 0 spiro atoms. The minimum absolute atomic E-state index is 0. The summed E-state index contributed by atoms with van der Waals surface area (Å²) in [5.74, 6) is 6.26. The van der Waals surface area contributed by atoms with Crippen LogP contribution < -0.4 is 15.9 Å². The summed E-state index contributed by atoms with van der Waals surface area (Å²) in [5, 5.41) is 6.27. The van der Waals surface area contributed by atoms with Crippen molar-refractivity contribution >= 4 is 31.8 Å². The molecule has 47 heavy (non-hydrogen) atoms. The molecule has 4 aromatic carbocycles. The first-order valence-electron chi connectivity index (χ1n) is 18.7. The molecule has 4 aromatic rings. The third kappa shape index (κ3) is 6.03. The first kappa shape index (κ1) is 32.7. The van der Waals surface area contributed by atoms with Crippen LogP contribution in [-0.4, -0.2) is 10.3 Å². The van der Waals surface area contributed by atoms with Crippen molar-refractivity contribution in [2.75, 3.05) is 0 Å². The van der Waals surface area contributed by atoms with Gasteiger partial charge >= 0.3 is 17.1 Å². The van der Waals surface area contributed by atoms with Crippen LogP contribution in [0.1, 0.15) is 95.2 Å². The van der Waals surface area contributed by atoms with Crippen LogP contribution in [0.5, 0.6) is 0 Å². The molecule has 0 heterocycles. The third-order valence-electron chi connectivity index (χ3n) is 13.5. The maximum atomic E-state index is 2.71. The number of hydrogen-bond donors (Lipinski definition) is 0. The van der Waals surface area contributed by atoms with Gasteiger partial charge in [0.25, 0.3) is 0 Å². The Morgan fingerprint density at radius 2 is 0.979 bits per heavy atom. The van der Waals surface area contributed by atoms with Crippen LogP contribution in [0.3, 0.4) is 0 Å². The van der Waals surface area contributed by atoms with Gasteiger partial charge < -0.3 is 0 Å². The molecule has 0 saturated heterocycles. The van der Waals surface area contributed by atoms with Gasteiger partial charge in [0, 0.05) is 0 Å². The van der Waals surface area contributed by atoms with Gasteiger partial charge in [0.1, 0.15) is 0 Å². The second kappa shape index (κ2) is 13.3. The van der Waals surface area contributed by atoms with Crippen LogP contribution in [0.15, 0.2) is 109 Å². The zero-order valence-corrected chi connectivity index (χ0v) is 31.1. The fraction of sp³-hybridized carbons (Fsp3) is 0.500. The Hall–Kier alpha value is -1.48. The largest absolute Gasteiger partial charge is 2.00 e. The fourth-order valence-electron chi connectivity index (χ4n) is 12.9. The Morgan fingerprint density at radius 1 is 0.574 bits per heavy atom. The summed E-state index contributed by atoms with van der Waals surface area (Å²) in [6.07, 6.45) is 18.9. The molecule has 8 aliphatic rings. The van der Waals surface area contributed by atoms with Gasteiger partial charge in [-0.1, -0.05) is 75.5 Å². The van der Waals surface area contributed by atoms with Gasteiger partial charge in [0.05, 0.1) is 0 Å². The predicted molar refractivity (Wildman–Crippen MR) is 200 cm³/mol. The topological polar surface area (TPSA) is 0 Å². The van der Waals surface area contributed by atoms with E-state index in [0.29, 0.717) is 16.0 Å². The van der Waals surface area contributed by atoms with Crippen molar-refractivity contribution in [2.24, 2.45) is 35.5 Å². The Bertz CT molecular complexity index is 1410. The van der Waals surface area contributed by atoms with E-state index in [9.17, 15) is 0 Å². The summed E-state index contributed by atoms with van der Waals surface area (Å²) in [4.78, 5) is 0. The Labute approximate surface area is 297 Å². The predicted octanol–water partition coefficient (Wildman–Crippen LogP) is 11.0. The van der Waals surface area contributed by atoms with Crippen LogP contribution in [0.2, 0.25) is 0 Å². The van der Waals surface area contributed by atoms with Gasteiger partial charge in [-0.05, 0) is 147 Å². The quantitative estimate of drug-likeness (QED) is 0.102. The van der Waals surface area contributed by atoms with Crippen LogP contribution in [0, 0.1) is 35.5 Å².